The number of aliphatic hydroxyl groups is 1. The summed E-state index contributed by atoms with van der Waals surface area (Å²) in [6.45, 7) is 5.94. The summed E-state index contributed by atoms with van der Waals surface area (Å²) in [5, 5.41) is 12.6. The maximum atomic E-state index is 8.99. The predicted octanol–water partition coefficient (Wildman–Crippen LogP) is 0.831. The van der Waals surface area contributed by atoms with Crippen molar-refractivity contribution in [3.8, 4) is 0 Å². The van der Waals surface area contributed by atoms with E-state index < -0.39 is 0 Å². The van der Waals surface area contributed by atoms with E-state index in [1.807, 2.05) is 0 Å². The van der Waals surface area contributed by atoms with Crippen LogP contribution in [0.4, 0.5) is 0 Å². The van der Waals surface area contributed by atoms with Gasteiger partial charge in [0.05, 0.1) is 0 Å². The van der Waals surface area contributed by atoms with Gasteiger partial charge >= 0.3 is 0 Å². The highest BCUT2D eigenvalue weighted by Crippen LogP contribution is 2.27. The third kappa shape index (κ3) is 2.71. The lowest BCUT2D eigenvalue weighted by molar-refractivity contribution is 0.174. The smallest absolute Gasteiger partial charge is 0.0468 e. The van der Waals surface area contributed by atoms with E-state index in [2.05, 4.69) is 17.1 Å². The lowest BCUT2D eigenvalue weighted by Gasteiger charge is -2.33. The molecular formula is C12H24N2O. The lowest BCUT2D eigenvalue weighted by atomic mass is 9.98. The largest absolute Gasteiger partial charge is 0.396 e. The number of hydrogen-bond donors (Lipinski definition) is 2. The van der Waals surface area contributed by atoms with Gasteiger partial charge in [-0.2, -0.15) is 0 Å². The van der Waals surface area contributed by atoms with E-state index in [0.717, 1.165) is 12.6 Å². The van der Waals surface area contributed by atoms with Crippen molar-refractivity contribution in [2.45, 2.75) is 44.7 Å². The molecule has 0 radical (unpaired) electrons. The summed E-state index contributed by atoms with van der Waals surface area (Å²) in [5.74, 6) is 0.391. The van der Waals surface area contributed by atoms with Crippen LogP contribution in [0, 0.1) is 5.92 Å². The van der Waals surface area contributed by atoms with Gasteiger partial charge in [0.1, 0.15) is 0 Å². The molecule has 15 heavy (non-hydrogen) atoms. The molecule has 3 heteroatoms. The molecule has 88 valence electrons. The molecule has 2 aliphatic rings. The van der Waals surface area contributed by atoms with Crippen LogP contribution in [0.2, 0.25) is 0 Å². The first kappa shape index (κ1) is 11.4. The minimum absolute atomic E-state index is 0.300. The summed E-state index contributed by atoms with van der Waals surface area (Å²) in [4.78, 5) is 2.64. The molecule has 0 spiro atoms. The van der Waals surface area contributed by atoms with E-state index in [1.54, 1.807) is 0 Å². The van der Waals surface area contributed by atoms with Gasteiger partial charge in [0.2, 0.25) is 0 Å². The van der Waals surface area contributed by atoms with Crippen LogP contribution in [0.25, 0.3) is 0 Å². The Kier molecular flexibility index (Phi) is 4.00. The molecule has 0 aromatic carbocycles. The molecule has 2 heterocycles. The third-order valence-electron chi connectivity index (χ3n) is 3.90. The Balaban J connectivity index is 1.78. The van der Waals surface area contributed by atoms with E-state index in [-0.39, 0.29) is 0 Å². The van der Waals surface area contributed by atoms with Crippen molar-refractivity contribution in [2.75, 3.05) is 26.2 Å². The van der Waals surface area contributed by atoms with Gasteiger partial charge in [0.15, 0.2) is 0 Å². The third-order valence-corrected chi connectivity index (χ3v) is 3.90. The van der Waals surface area contributed by atoms with Crippen molar-refractivity contribution in [1.82, 2.24) is 10.2 Å². The Hall–Kier alpha value is -0.120. The van der Waals surface area contributed by atoms with Gasteiger partial charge in [-0.3, -0.25) is 4.90 Å². The lowest BCUT2D eigenvalue weighted by Crippen LogP contribution is -2.46. The zero-order chi connectivity index (χ0) is 10.7. The maximum Gasteiger partial charge on any atom is 0.0468 e. The minimum atomic E-state index is 0.300. The molecule has 2 fully saturated rings. The molecule has 0 aliphatic carbocycles. The molecule has 0 bridgehead atoms. The molecule has 2 aliphatic heterocycles. The monoisotopic (exact) mass is 212 g/mol. The van der Waals surface area contributed by atoms with Crippen LogP contribution in [0.15, 0.2) is 0 Å². The molecule has 0 aromatic heterocycles. The fourth-order valence-corrected chi connectivity index (χ4v) is 2.90. The average Bonchev–Trinajstić information content (AvgIpc) is 2.69. The predicted molar refractivity (Wildman–Crippen MR) is 61.9 cm³/mol. The Morgan fingerprint density at radius 3 is 3.00 bits per heavy atom. The Labute approximate surface area is 92.8 Å². The van der Waals surface area contributed by atoms with Crippen molar-refractivity contribution < 1.29 is 5.11 Å². The molecule has 0 aromatic rings. The first-order chi connectivity index (χ1) is 7.31. The fourth-order valence-electron chi connectivity index (χ4n) is 2.90. The summed E-state index contributed by atoms with van der Waals surface area (Å²) in [6.07, 6.45) is 5.44. The number of piperidine rings is 1. The number of aliphatic hydroxyl groups excluding tert-OH is 1. The van der Waals surface area contributed by atoms with Gasteiger partial charge in [-0.15, -0.1) is 0 Å². The van der Waals surface area contributed by atoms with Crippen LogP contribution in [0.3, 0.4) is 0 Å². The Bertz CT molecular complexity index is 198. The number of nitrogens with one attached hydrogen (secondary N) is 1. The van der Waals surface area contributed by atoms with Crippen molar-refractivity contribution in [2.24, 2.45) is 5.92 Å². The zero-order valence-corrected chi connectivity index (χ0v) is 9.78. The van der Waals surface area contributed by atoms with Crippen LogP contribution < -0.4 is 5.32 Å². The van der Waals surface area contributed by atoms with Gasteiger partial charge in [0, 0.05) is 31.8 Å². The van der Waals surface area contributed by atoms with E-state index in [4.69, 9.17) is 5.11 Å². The summed E-state index contributed by atoms with van der Waals surface area (Å²) >= 11 is 0. The first-order valence-corrected chi connectivity index (χ1v) is 6.39. The van der Waals surface area contributed by atoms with Crippen LogP contribution in [-0.4, -0.2) is 48.3 Å². The molecular weight excluding hydrogens is 188 g/mol. The standard InChI is InChI=1S/C12H24N2O/c1-10(9-15)8-13-11-5-7-14-6-3-2-4-12(11)14/h10-13,15H,2-9H2,1H3. The van der Waals surface area contributed by atoms with Crippen molar-refractivity contribution in [1.29, 1.82) is 0 Å². The fraction of sp³-hybridized carbons (Fsp3) is 1.00. The van der Waals surface area contributed by atoms with Crippen LogP contribution in [-0.2, 0) is 0 Å². The number of rotatable bonds is 4. The normalized spacial score (nSPS) is 34.0. The summed E-state index contributed by atoms with van der Waals surface area (Å²) in [6, 6.07) is 1.46. The summed E-state index contributed by atoms with van der Waals surface area (Å²) in [7, 11) is 0. The molecule has 2 rings (SSSR count). The quantitative estimate of drug-likeness (QED) is 0.724. The van der Waals surface area contributed by atoms with E-state index in [0.29, 0.717) is 18.6 Å². The second-order valence-corrected chi connectivity index (χ2v) is 5.19. The van der Waals surface area contributed by atoms with Gasteiger partial charge in [-0.05, 0) is 31.7 Å². The average molecular weight is 212 g/mol. The van der Waals surface area contributed by atoms with Crippen molar-refractivity contribution in [3.05, 3.63) is 0 Å². The van der Waals surface area contributed by atoms with Gasteiger partial charge in [0.25, 0.3) is 0 Å². The molecule has 2 saturated heterocycles. The van der Waals surface area contributed by atoms with Crippen LogP contribution >= 0.6 is 0 Å². The van der Waals surface area contributed by atoms with E-state index in [9.17, 15) is 0 Å². The molecule has 0 saturated carbocycles. The van der Waals surface area contributed by atoms with Gasteiger partial charge in [-0.1, -0.05) is 13.3 Å². The highest BCUT2D eigenvalue weighted by Gasteiger charge is 2.34. The van der Waals surface area contributed by atoms with Crippen LogP contribution in [0.5, 0.6) is 0 Å². The molecule has 3 nitrogen and oxygen atoms in total. The molecule has 3 unspecified atom stereocenters. The summed E-state index contributed by atoms with van der Waals surface area (Å²) in [5.41, 5.74) is 0. The second kappa shape index (κ2) is 5.28. The molecule has 2 N–H and O–H groups in total. The molecule has 0 amide bonds. The number of fused-ring (bicyclic) bond motifs is 1. The maximum absolute atomic E-state index is 8.99. The van der Waals surface area contributed by atoms with Crippen molar-refractivity contribution >= 4 is 0 Å². The van der Waals surface area contributed by atoms with Gasteiger partial charge < -0.3 is 10.4 Å². The SMILES string of the molecule is CC(CO)CNC1CCN2CCCCC12. The Morgan fingerprint density at radius 2 is 2.20 bits per heavy atom. The topological polar surface area (TPSA) is 35.5 Å². The number of nitrogens with zero attached hydrogens (tertiary/aromatic N) is 1. The summed E-state index contributed by atoms with van der Waals surface area (Å²) < 4.78 is 0. The van der Waals surface area contributed by atoms with Crippen LogP contribution in [0.1, 0.15) is 32.6 Å². The van der Waals surface area contributed by atoms with Crippen molar-refractivity contribution in [3.63, 3.8) is 0 Å². The minimum Gasteiger partial charge on any atom is -0.396 e. The Morgan fingerprint density at radius 1 is 1.33 bits per heavy atom. The highest BCUT2D eigenvalue weighted by molar-refractivity contribution is 4.93. The van der Waals surface area contributed by atoms with Gasteiger partial charge in [-0.25, -0.2) is 0 Å². The zero-order valence-electron chi connectivity index (χ0n) is 9.78. The second-order valence-electron chi connectivity index (χ2n) is 5.19. The first-order valence-electron chi connectivity index (χ1n) is 6.39. The van der Waals surface area contributed by atoms with E-state index >= 15 is 0 Å². The highest BCUT2D eigenvalue weighted by atomic mass is 16.3. The number of hydrogen-bond acceptors (Lipinski definition) is 3. The molecule has 3 atom stereocenters. The van der Waals surface area contributed by atoms with E-state index in [1.165, 1.54) is 38.8 Å².